The van der Waals surface area contributed by atoms with Crippen molar-refractivity contribution in [2.75, 3.05) is 0 Å². The van der Waals surface area contributed by atoms with E-state index in [0.717, 1.165) is 5.56 Å². The van der Waals surface area contributed by atoms with Gasteiger partial charge < -0.3 is 4.74 Å². The molecule has 0 fully saturated rings. The first kappa shape index (κ1) is 7.35. The topological polar surface area (TPSA) is 26.3 Å². The molecule has 0 spiro atoms. The van der Waals surface area contributed by atoms with Gasteiger partial charge in [-0.2, -0.15) is 0 Å². The lowest BCUT2D eigenvalue weighted by molar-refractivity contribution is -0.134. The number of rotatable bonds is 0. The number of ether oxygens (including phenoxy) is 1. The maximum atomic E-state index is 11.0. The minimum atomic E-state index is -0.174. The van der Waals surface area contributed by atoms with E-state index >= 15 is 0 Å². The Morgan fingerprint density at radius 3 is 3.08 bits per heavy atom. The van der Waals surface area contributed by atoms with Crippen molar-refractivity contribution in [1.82, 2.24) is 0 Å². The van der Waals surface area contributed by atoms with Crippen LogP contribution in [-0.2, 0) is 4.79 Å². The van der Waals surface area contributed by atoms with Gasteiger partial charge in [-0.15, -0.1) is 0 Å². The van der Waals surface area contributed by atoms with E-state index < -0.39 is 0 Å². The molecular formula is C10H8O2. The highest BCUT2D eigenvalue weighted by Gasteiger charge is 2.13. The van der Waals surface area contributed by atoms with Crippen molar-refractivity contribution >= 4 is 5.97 Å². The van der Waals surface area contributed by atoms with Crippen LogP contribution in [0.15, 0.2) is 24.3 Å². The van der Waals surface area contributed by atoms with Crippen LogP contribution >= 0.6 is 0 Å². The number of hydrogen-bond acceptors (Lipinski definition) is 2. The molecule has 1 aliphatic rings. The van der Waals surface area contributed by atoms with Crippen molar-refractivity contribution in [3.63, 3.8) is 0 Å². The first-order chi connectivity index (χ1) is 5.86. The summed E-state index contributed by atoms with van der Waals surface area (Å²) in [5, 5.41) is 0. The smallest absolute Gasteiger partial charge is 0.311 e. The quantitative estimate of drug-likeness (QED) is 0.427. The first-order valence-corrected chi connectivity index (χ1v) is 3.90. The summed E-state index contributed by atoms with van der Waals surface area (Å²) < 4.78 is 5.06. The standard InChI is InChI=1S/C10H8O2/c11-10-7-3-5-8-4-1-2-6-9(8)12-10/h1-2,4,6H,3,7H2. The van der Waals surface area contributed by atoms with E-state index in [1.165, 1.54) is 0 Å². The van der Waals surface area contributed by atoms with Gasteiger partial charge in [-0.3, -0.25) is 4.79 Å². The lowest BCUT2D eigenvalue weighted by Gasteiger charge is -2.02. The van der Waals surface area contributed by atoms with Crippen LogP contribution in [0.5, 0.6) is 5.75 Å². The van der Waals surface area contributed by atoms with Gasteiger partial charge in [-0.25, -0.2) is 0 Å². The van der Waals surface area contributed by atoms with Crippen molar-refractivity contribution in [3.8, 4) is 5.75 Å². The van der Waals surface area contributed by atoms with Crippen LogP contribution in [0.3, 0.4) is 0 Å². The lowest BCUT2D eigenvalue weighted by atomic mass is 10.1. The molecule has 2 radical (unpaired) electrons. The summed E-state index contributed by atoms with van der Waals surface area (Å²) in [5.41, 5.74) is 0.892. The molecule has 1 aliphatic heterocycles. The third-order valence-electron chi connectivity index (χ3n) is 1.76. The highest BCUT2D eigenvalue weighted by molar-refractivity contribution is 5.74. The predicted octanol–water partition coefficient (Wildman–Crippen LogP) is 1.82. The summed E-state index contributed by atoms with van der Waals surface area (Å²) in [6.45, 7) is 0. The third kappa shape index (κ3) is 1.33. The molecule has 0 aromatic heterocycles. The van der Waals surface area contributed by atoms with Crippen LogP contribution in [-0.4, -0.2) is 5.97 Å². The van der Waals surface area contributed by atoms with Gasteiger partial charge in [0.05, 0.1) is 0 Å². The fourth-order valence-electron chi connectivity index (χ4n) is 1.17. The van der Waals surface area contributed by atoms with Gasteiger partial charge >= 0.3 is 5.97 Å². The van der Waals surface area contributed by atoms with E-state index in [1.54, 1.807) is 6.07 Å². The largest absolute Gasteiger partial charge is 0.426 e. The molecule has 12 heavy (non-hydrogen) atoms. The van der Waals surface area contributed by atoms with Gasteiger partial charge in [-0.1, -0.05) is 18.2 Å². The lowest BCUT2D eigenvalue weighted by Crippen LogP contribution is -2.04. The Hall–Kier alpha value is -1.31. The molecule has 0 bridgehead atoms. The molecule has 0 N–H and O–H groups in total. The predicted molar refractivity (Wildman–Crippen MR) is 43.7 cm³/mol. The second kappa shape index (κ2) is 2.97. The van der Waals surface area contributed by atoms with Gasteiger partial charge in [0.2, 0.25) is 0 Å². The number of para-hydroxylation sites is 1. The number of benzene rings is 1. The third-order valence-corrected chi connectivity index (χ3v) is 1.76. The molecule has 60 valence electrons. The maximum absolute atomic E-state index is 11.0. The van der Waals surface area contributed by atoms with Gasteiger partial charge in [0.25, 0.3) is 0 Å². The Bertz CT molecular complexity index is 304. The molecule has 1 aromatic carbocycles. The molecule has 0 unspecified atom stereocenters. The molecule has 0 saturated heterocycles. The second-order valence-corrected chi connectivity index (χ2v) is 2.65. The summed E-state index contributed by atoms with van der Waals surface area (Å²) in [7, 11) is 0. The zero-order chi connectivity index (χ0) is 8.39. The van der Waals surface area contributed by atoms with E-state index in [0.29, 0.717) is 18.6 Å². The Balaban J connectivity index is 2.37. The van der Waals surface area contributed by atoms with Crippen molar-refractivity contribution in [1.29, 1.82) is 0 Å². The Kier molecular flexibility index (Phi) is 1.82. The molecule has 0 amide bonds. The monoisotopic (exact) mass is 160 g/mol. The minimum Gasteiger partial charge on any atom is -0.426 e. The molecule has 0 aliphatic carbocycles. The molecule has 1 aromatic rings. The van der Waals surface area contributed by atoms with E-state index in [1.807, 2.05) is 18.2 Å². The first-order valence-electron chi connectivity index (χ1n) is 3.90. The van der Waals surface area contributed by atoms with Crippen molar-refractivity contribution in [3.05, 3.63) is 36.2 Å². The molecule has 2 nitrogen and oxygen atoms in total. The van der Waals surface area contributed by atoms with Crippen LogP contribution in [0, 0.1) is 6.42 Å². The van der Waals surface area contributed by atoms with E-state index in [4.69, 9.17) is 4.74 Å². The summed E-state index contributed by atoms with van der Waals surface area (Å²) >= 11 is 0. The summed E-state index contributed by atoms with van der Waals surface area (Å²) in [4.78, 5) is 11.0. The number of carbonyl (C=O) groups is 1. The fourth-order valence-corrected chi connectivity index (χ4v) is 1.17. The average Bonchev–Trinajstić information content (AvgIpc) is 2.25. The van der Waals surface area contributed by atoms with Gasteiger partial charge in [0, 0.05) is 18.4 Å². The maximum Gasteiger partial charge on any atom is 0.311 e. The van der Waals surface area contributed by atoms with Crippen molar-refractivity contribution in [2.45, 2.75) is 12.8 Å². The Morgan fingerprint density at radius 2 is 2.17 bits per heavy atom. The van der Waals surface area contributed by atoms with Crippen molar-refractivity contribution < 1.29 is 9.53 Å². The van der Waals surface area contributed by atoms with E-state index in [-0.39, 0.29) is 5.97 Å². The molecule has 0 atom stereocenters. The average molecular weight is 160 g/mol. The Labute approximate surface area is 71.2 Å². The highest BCUT2D eigenvalue weighted by atomic mass is 16.5. The highest BCUT2D eigenvalue weighted by Crippen LogP contribution is 2.24. The zero-order valence-electron chi connectivity index (χ0n) is 6.54. The van der Waals surface area contributed by atoms with Gasteiger partial charge in [0.1, 0.15) is 5.75 Å². The summed E-state index contributed by atoms with van der Waals surface area (Å²) in [6.07, 6.45) is 4.18. The van der Waals surface area contributed by atoms with Gasteiger partial charge in [0.15, 0.2) is 0 Å². The summed E-state index contributed by atoms with van der Waals surface area (Å²) in [5.74, 6) is 0.451. The molecule has 0 saturated carbocycles. The van der Waals surface area contributed by atoms with Crippen LogP contribution in [0.1, 0.15) is 18.4 Å². The molecule has 1 heterocycles. The fraction of sp³-hybridized carbons (Fsp3) is 0.200. The number of hydrogen-bond donors (Lipinski definition) is 0. The minimum absolute atomic E-state index is 0.174. The zero-order valence-corrected chi connectivity index (χ0v) is 6.54. The van der Waals surface area contributed by atoms with Crippen LogP contribution < -0.4 is 4.74 Å². The van der Waals surface area contributed by atoms with Crippen molar-refractivity contribution in [2.24, 2.45) is 0 Å². The van der Waals surface area contributed by atoms with E-state index in [9.17, 15) is 4.79 Å². The molecule has 2 rings (SSSR count). The number of fused-ring (bicyclic) bond motifs is 1. The van der Waals surface area contributed by atoms with Crippen LogP contribution in [0.25, 0.3) is 0 Å². The summed E-state index contributed by atoms with van der Waals surface area (Å²) in [6, 6.07) is 7.43. The van der Waals surface area contributed by atoms with Crippen LogP contribution in [0.4, 0.5) is 0 Å². The number of carbonyl (C=O) groups excluding carboxylic acids is 1. The number of esters is 1. The normalized spacial score (nSPS) is 16.2. The Morgan fingerprint density at radius 1 is 1.33 bits per heavy atom. The second-order valence-electron chi connectivity index (χ2n) is 2.65. The van der Waals surface area contributed by atoms with Gasteiger partial charge in [-0.05, 0) is 12.5 Å². The van der Waals surface area contributed by atoms with Crippen LogP contribution in [0.2, 0.25) is 0 Å². The SMILES string of the molecule is O=C1CC[C]c2ccccc2O1. The van der Waals surface area contributed by atoms with E-state index in [2.05, 4.69) is 6.42 Å². The molecular weight excluding hydrogens is 152 g/mol. The molecule has 2 heteroatoms.